The van der Waals surface area contributed by atoms with Gasteiger partial charge in [-0.25, -0.2) is 0 Å². The second-order valence-corrected chi connectivity index (χ2v) is 11.4. The summed E-state index contributed by atoms with van der Waals surface area (Å²) in [6.07, 6.45) is 10.1. The number of aryl methyl sites for hydroxylation is 2. The van der Waals surface area contributed by atoms with Crippen LogP contribution in [0.1, 0.15) is 80.3 Å². The lowest BCUT2D eigenvalue weighted by molar-refractivity contribution is 0.365. The lowest BCUT2D eigenvalue weighted by atomic mass is 9.98. The standard InChI is InChI=1S/C36H45NS/c1-7-9-11-15-33-19-21-34(22-20-33)27-37(25-24-32-16-12-10-13-17-32)31(6)38-30(5)29(4)36-23-18-28(3)35(26-36)14-8-2/h10-13,15-23,26H,6-9,14,24-25,27H2,1-5H3/b15-11?,30-29+. The number of benzene rings is 3. The van der Waals surface area contributed by atoms with Gasteiger partial charge in [0, 0.05) is 13.1 Å². The molecule has 0 radical (unpaired) electrons. The maximum absolute atomic E-state index is 4.55. The first-order valence-electron chi connectivity index (χ1n) is 14.1. The summed E-state index contributed by atoms with van der Waals surface area (Å²) in [5, 5.41) is 1.10. The van der Waals surface area contributed by atoms with Crippen molar-refractivity contribution in [2.75, 3.05) is 6.54 Å². The molecule has 0 aromatic heterocycles. The molecule has 3 aromatic rings. The molecule has 0 N–H and O–H groups in total. The second kappa shape index (κ2) is 15.4. The summed E-state index contributed by atoms with van der Waals surface area (Å²) in [4.78, 5) is 3.75. The first-order valence-corrected chi connectivity index (χ1v) is 14.9. The molecule has 0 saturated carbocycles. The van der Waals surface area contributed by atoms with Crippen LogP contribution in [-0.2, 0) is 19.4 Å². The highest BCUT2D eigenvalue weighted by Crippen LogP contribution is 2.34. The van der Waals surface area contributed by atoms with E-state index in [-0.39, 0.29) is 0 Å². The van der Waals surface area contributed by atoms with Gasteiger partial charge in [-0.05, 0) is 83.9 Å². The Balaban J connectivity index is 1.77. The van der Waals surface area contributed by atoms with Crippen molar-refractivity contribution in [3.63, 3.8) is 0 Å². The Bertz CT molecular complexity index is 1220. The monoisotopic (exact) mass is 523 g/mol. The van der Waals surface area contributed by atoms with E-state index < -0.39 is 0 Å². The maximum atomic E-state index is 4.55. The van der Waals surface area contributed by atoms with Crippen LogP contribution in [0.4, 0.5) is 0 Å². The molecule has 0 saturated heterocycles. The molecule has 0 amide bonds. The Hall–Kier alpha value is -2.97. The van der Waals surface area contributed by atoms with Crippen molar-refractivity contribution in [2.45, 2.75) is 73.3 Å². The van der Waals surface area contributed by atoms with E-state index in [2.05, 4.69) is 131 Å². The van der Waals surface area contributed by atoms with E-state index in [9.17, 15) is 0 Å². The molecular formula is C36H45NS. The van der Waals surface area contributed by atoms with Gasteiger partial charge in [0.15, 0.2) is 0 Å². The first kappa shape index (κ1) is 29.6. The molecule has 0 atom stereocenters. The van der Waals surface area contributed by atoms with Gasteiger partial charge in [0.25, 0.3) is 0 Å². The van der Waals surface area contributed by atoms with E-state index in [1.807, 2.05) is 0 Å². The average Bonchev–Trinajstić information content (AvgIpc) is 2.93. The van der Waals surface area contributed by atoms with E-state index in [1.165, 1.54) is 56.7 Å². The fraction of sp³-hybridized carbons (Fsp3) is 0.333. The SMILES string of the molecule is C=C(S/C(C)=C(\C)c1ccc(C)c(CCC)c1)N(CCc1ccccc1)Cc1ccc(C=CCCC)cc1. The minimum Gasteiger partial charge on any atom is -0.362 e. The second-order valence-electron chi connectivity index (χ2n) is 10.2. The number of hydrogen-bond acceptors (Lipinski definition) is 2. The van der Waals surface area contributed by atoms with Crippen LogP contribution in [0.15, 0.2) is 95.4 Å². The zero-order valence-electron chi connectivity index (χ0n) is 24.1. The van der Waals surface area contributed by atoms with Crippen molar-refractivity contribution in [3.8, 4) is 0 Å². The Labute approximate surface area is 236 Å². The Morgan fingerprint density at radius 3 is 2.29 bits per heavy atom. The third kappa shape index (κ3) is 9.10. The van der Waals surface area contributed by atoms with E-state index in [0.29, 0.717) is 0 Å². The summed E-state index contributed by atoms with van der Waals surface area (Å²) in [6, 6.07) is 26.6. The molecule has 3 rings (SSSR count). The van der Waals surface area contributed by atoms with E-state index in [4.69, 9.17) is 0 Å². The minimum absolute atomic E-state index is 0.856. The zero-order chi connectivity index (χ0) is 27.3. The summed E-state index contributed by atoms with van der Waals surface area (Å²) < 4.78 is 0. The Kier molecular flexibility index (Phi) is 12.0. The number of rotatable bonds is 14. The van der Waals surface area contributed by atoms with Crippen molar-refractivity contribution in [1.82, 2.24) is 4.90 Å². The minimum atomic E-state index is 0.856. The molecule has 0 bridgehead atoms. The van der Waals surface area contributed by atoms with Crippen LogP contribution in [0.25, 0.3) is 11.6 Å². The molecule has 38 heavy (non-hydrogen) atoms. The van der Waals surface area contributed by atoms with Crippen LogP contribution < -0.4 is 0 Å². The smallest absolute Gasteiger partial charge is 0.0682 e. The van der Waals surface area contributed by atoms with Crippen molar-refractivity contribution >= 4 is 23.4 Å². The fourth-order valence-electron chi connectivity index (χ4n) is 4.51. The average molecular weight is 524 g/mol. The van der Waals surface area contributed by atoms with Crippen molar-refractivity contribution < 1.29 is 0 Å². The Morgan fingerprint density at radius 2 is 1.61 bits per heavy atom. The van der Waals surface area contributed by atoms with Gasteiger partial charge in [-0.1, -0.05) is 130 Å². The number of allylic oxidation sites excluding steroid dienone is 3. The van der Waals surface area contributed by atoms with Crippen LogP contribution in [0, 0.1) is 6.92 Å². The van der Waals surface area contributed by atoms with Gasteiger partial charge in [-0.2, -0.15) is 0 Å². The Morgan fingerprint density at radius 1 is 0.868 bits per heavy atom. The number of nitrogens with zero attached hydrogens (tertiary/aromatic N) is 1. The highest BCUT2D eigenvalue weighted by atomic mass is 32.2. The summed E-state index contributed by atoms with van der Waals surface area (Å²) in [5.41, 5.74) is 9.43. The van der Waals surface area contributed by atoms with Crippen LogP contribution in [0.2, 0.25) is 0 Å². The third-order valence-electron chi connectivity index (χ3n) is 7.09. The normalized spacial score (nSPS) is 12.0. The molecule has 0 spiro atoms. The van der Waals surface area contributed by atoms with Gasteiger partial charge in [0.1, 0.15) is 0 Å². The first-order chi connectivity index (χ1) is 18.4. The molecular weight excluding hydrogens is 478 g/mol. The fourth-order valence-corrected chi connectivity index (χ4v) is 5.42. The quantitative estimate of drug-likeness (QED) is 0.207. The predicted molar refractivity (Wildman–Crippen MR) is 171 cm³/mol. The maximum Gasteiger partial charge on any atom is 0.0682 e. The zero-order valence-corrected chi connectivity index (χ0v) is 24.9. The molecule has 0 aliphatic carbocycles. The lowest BCUT2D eigenvalue weighted by Gasteiger charge is -2.27. The predicted octanol–water partition coefficient (Wildman–Crippen LogP) is 10.5. The van der Waals surface area contributed by atoms with Crippen molar-refractivity contribution in [1.29, 1.82) is 0 Å². The summed E-state index contributed by atoms with van der Waals surface area (Å²) in [6.45, 7) is 17.5. The van der Waals surface area contributed by atoms with Gasteiger partial charge < -0.3 is 4.90 Å². The number of hydrogen-bond donors (Lipinski definition) is 0. The molecule has 0 aliphatic rings. The van der Waals surface area contributed by atoms with Crippen LogP contribution >= 0.6 is 11.8 Å². The van der Waals surface area contributed by atoms with Crippen LogP contribution in [-0.4, -0.2) is 11.4 Å². The van der Waals surface area contributed by atoms with Crippen LogP contribution in [0.3, 0.4) is 0 Å². The van der Waals surface area contributed by atoms with Gasteiger partial charge >= 0.3 is 0 Å². The summed E-state index contributed by atoms with van der Waals surface area (Å²) in [5.74, 6) is 0. The molecule has 0 unspecified atom stereocenters. The van der Waals surface area contributed by atoms with Gasteiger partial charge in [-0.3, -0.25) is 0 Å². The molecule has 3 aromatic carbocycles. The number of unbranched alkanes of at least 4 members (excludes halogenated alkanes) is 1. The van der Waals surface area contributed by atoms with E-state index in [1.54, 1.807) is 11.8 Å². The largest absolute Gasteiger partial charge is 0.362 e. The van der Waals surface area contributed by atoms with Crippen molar-refractivity contribution in [3.05, 3.63) is 129 Å². The van der Waals surface area contributed by atoms with Crippen LogP contribution in [0.5, 0.6) is 0 Å². The number of thioether (sulfide) groups is 1. The van der Waals surface area contributed by atoms with Gasteiger partial charge in [-0.15, -0.1) is 0 Å². The molecule has 2 heteroatoms. The van der Waals surface area contributed by atoms with Gasteiger partial charge in [0.05, 0.1) is 5.03 Å². The highest BCUT2D eigenvalue weighted by Gasteiger charge is 2.13. The molecule has 1 nitrogen and oxygen atoms in total. The van der Waals surface area contributed by atoms with Gasteiger partial charge in [0.2, 0.25) is 0 Å². The van der Waals surface area contributed by atoms with E-state index >= 15 is 0 Å². The molecule has 200 valence electrons. The molecule has 0 heterocycles. The highest BCUT2D eigenvalue weighted by molar-refractivity contribution is 8.06. The third-order valence-corrected chi connectivity index (χ3v) is 8.19. The topological polar surface area (TPSA) is 3.24 Å². The lowest BCUT2D eigenvalue weighted by Crippen LogP contribution is -2.23. The molecule has 0 aliphatic heterocycles. The summed E-state index contributed by atoms with van der Waals surface area (Å²) >= 11 is 1.81. The summed E-state index contributed by atoms with van der Waals surface area (Å²) in [7, 11) is 0. The van der Waals surface area contributed by atoms with Crippen molar-refractivity contribution in [2.24, 2.45) is 0 Å². The van der Waals surface area contributed by atoms with E-state index in [0.717, 1.165) is 37.4 Å². The molecule has 0 fully saturated rings.